The van der Waals surface area contributed by atoms with E-state index in [1.54, 1.807) is 12.1 Å². The second kappa shape index (κ2) is 6.38. The second-order valence-corrected chi connectivity index (χ2v) is 5.44. The lowest BCUT2D eigenvalue weighted by Gasteiger charge is -2.39. The smallest absolute Gasteiger partial charge is 0.311 e. The summed E-state index contributed by atoms with van der Waals surface area (Å²) >= 11 is 0. The van der Waals surface area contributed by atoms with E-state index in [0.717, 1.165) is 0 Å². The molecule has 0 amide bonds. The fourth-order valence-electron chi connectivity index (χ4n) is 2.63. The maximum atomic E-state index is 11.1. The summed E-state index contributed by atoms with van der Waals surface area (Å²) in [5, 5.41) is 19.9. The summed E-state index contributed by atoms with van der Waals surface area (Å²) in [7, 11) is 0. The minimum Gasteiger partial charge on any atom is -0.481 e. The summed E-state index contributed by atoms with van der Waals surface area (Å²) in [5.74, 6) is -3.01. The van der Waals surface area contributed by atoms with Crippen LogP contribution in [0.4, 0.5) is 5.69 Å². The highest BCUT2D eigenvalue weighted by Gasteiger charge is 2.43. The van der Waals surface area contributed by atoms with Gasteiger partial charge in [-0.25, -0.2) is 0 Å². The molecule has 0 saturated carbocycles. The number of carboxylic acid groups (broad SMARTS) is 1. The zero-order chi connectivity index (χ0) is 17.2. The van der Waals surface area contributed by atoms with Crippen LogP contribution in [-0.2, 0) is 20.1 Å². The number of ether oxygens (including phenoxy) is 2. The Kier molecular flexibility index (Phi) is 4.28. The van der Waals surface area contributed by atoms with Crippen molar-refractivity contribution in [3.05, 3.63) is 75.8 Å². The number of hydrogen-bond acceptors (Lipinski definition) is 5. The first-order valence-electron chi connectivity index (χ1n) is 7.34. The molecule has 0 bridgehead atoms. The third kappa shape index (κ3) is 2.86. The van der Waals surface area contributed by atoms with E-state index < -0.39 is 22.6 Å². The van der Waals surface area contributed by atoms with E-state index in [1.165, 1.54) is 12.1 Å². The van der Waals surface area contributed by atoms with Gasteiger partial charge in [0.1, 0.15) is 5.92 Å². The summed E-state index contributed by atoms with van der Waals surface area (Å²) in [6.07, 6.45) is 0. The molecule has 1 saturated heterocycles. The van der Waals surface area contributed by atoms with Crippen LogP contribution in [0.1, 0.15) is 11.1 Å². The van der Waals surface area contributed by atoms with Crippen LogP contribution in [0.2, 0.25) is 0 Å². The van der Waals surface area contributed by atoms with Crippen LogP contribution in [0, 0.1) is 16.0 Å². The maximum absolute atomic E-state index is 11.1. The van der Waals surface area contributed by atoms with Gasteiger partial charge in [0, 0.05) is 23.3 Å². The quantitative estimate of drug-likeness (QED) is 0.683. The number of carboxylic acids is 1. The van der Waals surface area contributed by atoms with Gasteiger partial charge in [-0.05, 0) is 12.1 Å². The third-order valence-corrected chi connectivity index (χ3v) is 3.94. The molecule has 124 valence electrons. The van der Waals surface area contributed by atoms with Gasteiger partial charge < -0.3 is 14.6 Å². The molecule has 1 heterocycles. The molecule has 1 aliphatic heterocycles. The van der Waals surface area contributed by atoms with Crippen LogP contribution in [0.25, 0.3) is 0 Å². The van der Waals surface area contributed by atoms with E-state index in [0.29, 0.717) is 11.1 Å². The molecule has 2 aromatic carbocycles. The molecular weight excluding hydrogens is 314 g/mol. The van der Waals surface area contributed by atoms with E-state index in [4.69, 9.17) is 14.6 Å². The van der Waals surface area contributed by atoms with Crippen molar-refractivity contribution < 1.29 is 24.3 Å². The van der Waals surface area contributed by atoms with Crippen molar-refractivity contribution in [1.29, 1.82) is 0 Å². The molecule has 0 aliphatic carbocycles. The Labute approximate surface area is 137 Å². The first kappa shape index (κ1) is 16.1. The molecular formula is C17H15NO6. The van der Waals surface area contributed by atoms with Gasteiger partial charge in [-0.3, -0.25) is 14.9 Å². The van der Waals surface area contributed by atoms with Crippen LogP contribution < -0.4 is 0 Å². The zero-order valence-electron chi connectivity index (χ0n) is 12.6. The standard InChI is InChI=1S/C17H15NO6/c19-16(20)12-10-23-17(24-11-12,13-4-2-1-3-5-13)14-6-8-15(9-7-14)18(21)22/h1-9,12H,10-11H2,(H,19,20). The minimum atomic E-state index is -1.28. The molecule has 24 heavy (non-hydrogen) atoms. The monoisotopic (exact) mass is 329 g/mol. The average Bonchev–Trinajstić information content (AvgIpc) is 2.62. The Morgan fingerprint density at radius 1 is 1.04 bits per heavy atom. The molecule has 0 spiro atoms. The summed E-state index contributed by atoms with van der Waals surface area (Å²) in [5.41, 5.74) is 1.23. The van der Waals surface area contributed by atoms with Crippen molar-refractivity contribution in [2.75, 3.05) is 13.2 Å². The highest BCUT2D eigenvalue weighted by atomic mass is 16.7. The number of nitro benzene ring substituents is 1. The van der Waals surface area contributed by atoms with Gasteiger partial charge >= 0.3 is 5.97 Å². The van der Waals surface area contributed by atoms with Crippen molar-refractivity contribution in [1.82, 2.24) is 0 Å². The highest BCUT2D eigenvalue weighted by molar-refractivity contribution is 5.70. The minimum absolute atomic E-state index is 0.0127. The summed E-state index contributed by atoms with van der Waals surface area (Å²) in [4.78, 5) is 21.5. The Morgan fingerprint density at radius 3 is 2.08 bits per heavy atom. The maximum Gasteiger partial charge on any atom is 0.311 e. The lowest BCUT2D eigenvalue weighted by Crippen LogP contribution is -2.45. The lowest BCUT2D eigenvalue weighted by atomic mass is 9.95. The summed E-state index contributed by atoms with van der Waals surface area (Å²) < 4.78 is 11.7. The van der Waals surface area contributed by atoms with E-state index >= 15 is 0 Å². The Morgan fingerprint density at radius 2 is 1.58 bits per heavy atom. The molecule has 3 rings (SSSR count). The number of hydrogen-bond donors (Lipinski definition) is 1. The predicted molar refractivity (Wildman–Crippen MR) is 83.3 cm³/mol. The van der Waals surface area contributed by atoms with Crippen molar-refractivity contribution in [3.63, 3.8) is 0 Å². The SMILES string of the molecule is O=C(O)C1COC(c2ccccc2)(c2ccc([N+](=O)[O-])cc2)OC1. The van der Waals surface area contributed by atoms with Gasteiger partial charge in [0.05, 0.1) is 18.1 Å². The van der Waals surface area contributed by atoms with E-state index in [-0.39, 0.29) is 18.9 Å². The lowest BCUT2D eigenvalue weighted by molar-refractivity contribution is -0.384. The second-order valence-electron chi connectivity index (χ2n) is 5.44. The topological polar surface area (TPSA) is 98.9 Å². The number of benzene rings is 2. The van der Waals surface area contributed by atoms with Crippen molar-refractivity contribution in [2.45, 2.75) is 5.79 Å². The molecule has 7 heteroatoms. The molecule has 1 fully saturated rings. The molecule has 0 atom stereocenters. The molecule has 1 aliphatic rings. The number of rotatable bonds is 4. The Bertz CT molecular complexity index is 735. The number of aliphatic carboxylic acids is 1. The van der Waals surface area contributed by atoms with Gasteiger partial charge in [0.2, 0.25) is 5.79 Å². The number of nitro groups is 1. The highest BCUT2D eigenvalue weighted by Crippen LogP contribution is 2.39. The molecule has 1 N–H and O–H groups in total. The fraction of sp³-hybridized carbons (Fsp3) is 0.235. The van der Waals surface area contributed by atoms with E-state index in [2.05, 4.69) is 0 Å². The Balaban J connectivity index is 2.00. The first-order chi connectivity index (χ1) is 11.5. The number of non-ortho nitro benzene ring substituents is 1. The van der Waals surface area contributed by atoms with E-state index in [1.807, 2.05) is 30.3 Å². The molecule has 7 nitrogen and oxygen atoms in total. The van der Waals surface area contributed by atoms with Gasteiger partial charge in [0.15, 0.2) is 0 Å². The average molecular weight is 329 g/mol. The van der Waals surface area contributed by atoms with Crippen LogP contribution >= 0.6 is 0 Å². The predicted octanol–water partition coefficient (Wildman–Crippen LogP) is 2.54. The van der Waals surface area contributed by atoms with Gasteiger partial charge in [0.25, 0.3) is 5.69 Å². The zero-order valence-corrected chi connectivity index (χ0v) is 12.6. The van der Waals surface area contributed by atoms with E-state index in [9.17, 15) is 14.9 Å². The van der Waals surface area contributed by atoms with Crippen molar-refractivity contribution in [3.8, 4) is 0 Å². The number of nitrogens with zero attached hydrogens (tertiary/aromatic N) is 1. The fourth-order valence-corrected chi connectivity index (χ4v) is 2.63. The third-order valence-electron chi connectivity index (χ3n) is 3.94. The first-order valence-corrected chi connectivity index (χ1v) is 7.34. The van der Waals surface area contributed by atoms with Crippen LogP contribution in [0.5, 0.6) is 0 Å². The molecule has 0 aromatic heterocycles. The molecule has 0 unspecified atom stereocenters. The Hall–Kier alpha value is -2.77. The normalized spacial score (nSPS) is 23.6. The summed E-state index contributed by atoms with van der Waals surface area (Å²) in [6, 6.07) is 15.0. The largest absolute Gasteiger partial charge is 0.481 e. The van der Waals surface area contributed by atoms with Crippen molar-refractivity contribution >= 4 is 11.7 Å². The van der Waals surface area contributed by atoms with Crippen LogP contribution in [-0.4, -0.2) is 29.2 Å². The van der Waals surface area contributed by atoms with Crippen LogP contribution in [0.15, 0.2) is 54.6 Å². The van der Waals surface area contributed by atoms with Crippen LogP contribution in [0.3, 0.4) is 0 Å². The number of carbonyl (C=O) groups is 1. The van der Waals surface area contributed by atoms with Gasteiger partial charge in [-0.2, -0.15) is 0 Å². The molecule has 2 aromatic rings. The van der Waals surface area contributed by atoms with Gasteiger partial charge in [-0.15, -0.1) is 0 Å². The van der Waals surface area contributed by atoms with Gasteiger partial charge in [-0.1, -0.05) is 30.3 Å². The van der Waals surface area contributed by atoms with Crippen molar-refractivity contribution in [2.24, 2.45) is 5.92 Å². The molecule has 0 radical (unpaired) electrons. The summed E-state index contributed by atoms with van der Waals surface area (Å²) in [6.45, 7) is -0.0254.